The van der Waals surface area contributed by atoms with E-state index in [2.05, 4.69) is 50.2 Å². The average Bonchev–Trinajstić information content (AvgIpc) is 2.83. The summed E-state index contributed by atoms with van der Waals surface area (Å²) in [7, 11) is 1.85. The van der Waals surface area contributed by atoms with E-state index in [4.69, 9.17) is 4.74 Å². The van der Waals surface area contributed by atoms with Crippen molar-refractivity contribution in [1.82, 2.24) is 10.6 Å². The number of rotatable bonds is 4. The highest BCUT2D eigenvalue weighted by molar-refractivity contribution is 14.0. The lowest BCUT2D eigenvalue weighted by atomic mass is 9.57. The smallest absolute Gasteiger partial charge is 0.191 e. The van der Waals surface area contributed by atoms with Crippen LogP contribution in [0, 0.1) is 16.7 Å². The zero-order valence-electron chi connectivity index (χ0n) is 15.0. The van der Waals surface area contributed by atoms with Crippen molar-refractivity contribution in [3.05, 3.63) is 0 Å². The summed E-state index contributed by atoms with van der Waals surface area (Å²) in [6.07, 6.45) is 4.00. The Morgan fingerprint density at radius 1 is 1.32 bits per heavy atom. The van der Waals surface area contributed by atoms with Crippen LogP contribution in [0.15, 0.2) is 4.99 Å². The number of hydrogen-bond donors (Lipinski definition) is 2. The Balaban J connectivity index is 0.00000242. The summed E-state index contributed by atoms with van der Waals surface area (Å²) in [5.41, 5.74) is 0.604. The van der Waals surface area contributed by atoms with Gasteiger partial charge < -0.3 is 15.4 Å². The predicted molar refractivity (Wildman–Crippen MR) is 104 cm³/mol. The molecule has 0 aromatic rings. The summed E-state index contributed by atoms with van der Waals surface area (Å²) in [6.45, 7) is 13.4. The molecule has 1 heterocycles. The minimum atomic E-state index is 0. The molecule has 130 valence electrons. The van der Waals surface area contributed by atoms with E-state index >= 15 is 0 Å². The standard InChI is InChI=1S/C17H33N3O.HI/c1-16(2,3)9-7-10-19-15(18-6)20-13-12-8-11-21-14(12)17(13,4)5;/h12-14H,7-11H2,1-6H3,(H2,18,19,20);1H. The summed E-state index contributed by atoms with van der Waals surface area (Å²) in [4.78, 5) is 4.38. The number of nitrogens with one attached hydrogen (secondary N) is 2. The maximum Gasteiger partial charge on any atom is 0.191 e. The summed E-state index contributed by atoms with van der Waals surface area (Å²) >= 11 is 0. The Labute approximate surface area is 153 Å². The van der Waals surface area contributed by atoms with Crippen molar-refractivity contribution in [2.24, 2.45) is 21.7 Å². The first-order valence-electron chi connectivity index (χ1n) is 8.34. The van der Waals surface area contributed by atoms with Crippen molar-refractivity contribution in [3.8, 4) is 0 Å². The van der Waals surface area contributed by atoms with E-state index in [-0.39, 0.29) is 29.4 Å². The van der Waals surface area contributed by atoms with E-state index in [0.29, 0.717) is 23.5 Å². The Morgan fingerprint density at radius 3 is 2.59 bits per heavy atom. The van der Waals surface area contributed by atoms with E-state index in [1.165, 1.54) is 19.3 Å². The summed E-state index contributed by atoms with van der Waals surface area (Å²) in [6, 6.07) is 0.471. The molecular weight excluding hydrogens is 389 g/mol. The SMILES string of the molecule is CN=C(NCCCC(C)(C)C)NC1C2CCOC2C1(C)C.I. The molecule has 0 aromatic heterocycles. The Morgan fingerprint density at radius 2 is 2.00 bits per heavy atom. The molecular formula is C17H34IN3O. The van der Waals surface area contributed by atoms with Crippen molar-refractivity contribution in [1.29, 1.82) is 0 Å². The summed E-state index contributed by atoms with van der Waals surface area (Å²) in [5, 5.41) is 7.08. The normalized spacial score (nSPS) is 30.1. The van der Waals surface area contributed by atoms with Crippen LogP contribution in [0.25, 0.3) is 0 Å². The molecule has 2 aliphatic rings. The molecule has 0 radical (unpaired) electrons. The molecule has 2 rings (SSSR count). The van der Waals surface area contributed by atoms with Crippen LogP contribution in [0.1, 0.15) is 53.9 Å². The fourth-order valence-electron chi connectivity index (χ4n) is 3.78. The molecule has 0 amide bonds. The van der Waals surface area contributed by atoms with Gasteiger partial charge in [-0.15, -0.1) is 24.0 Å². The molecule has 1 aliphatic carbocycles. The van der Waals surface area contributed by atoms with Gasteiger partial charge in [-0.2, -0.15) is 0 Å². The molecule has 5 heteroatoms. The van der Waals surface area contributed by atoms with Gasteiger partial charge in [0.2, 0.25) is 0 Å². The fraction of sp³-hybridized carbons (Fsp3) is 0.941. The second-order valence-corrected chi connectivity index (χ2v) is 8.35. The van der Waals surface area contributed by atoms with Crippen LogP contribution in [0.5, 0.6) is 0 Å². The Bertz CT molecular complexity index is 390. The number of guanidine groups is 1. The first-order valence-corrected chi connectivity index (χ1v) is 8.34. The summed E-state index contributed by atoms with van der Waals surface area (Å²) in [5.74, 6) is 1.58. The number of aliphatic imine (C=N–C) groups is 1. The molecule has 0 aromatic carbocycles. The quantitative estimate of drug-likeness (QED) is 0.315. The maximum atomic E-state index is 5.85. The van der Waals surface area contributed by atoms with Gasteiger partial charge in [0.05, 0.1) is 6.10 Å². The largest absolute Gasteiger partial charge is 0.377 e. The van der Waals surface area contributed by atoms with Crippen LogP contribution in [0.4, 0.5) is 0 Å². The molecule has 1 saturated heterocycles. The van der Waals surface area contributed by atoms with Gasteiger partial charge >= 0.3 is 0 Å². The second kappa shape index (κ2) is 7.69. The zero-order valence-corrected chi connectivity index (χ0v) is 17.4. The first-order chi connectivity index (χ1) is 9.75. The van der Waals surface area contributed by atoms with Crippen LogP contribution in [0.2, 0.25) is 0 Å². The number of ether oxygens (including phenoxy) is 1. The highest BCUT2D eigenvalue weighted by Gasteiger charge is 2.59. The molecule has 2 N–H and O–H groups in total. The molecule has 3 atom stereocenters. The number of halogens is 1. The number of fused-ring (bicyclic) bond motifs is 1. The lowest BCUT2D eigenvalue weighted by Gasteiger charge is -2.54. The van der Waals surface area contributed by atoms with E-state index in [1.807, 2.05) is 7.05 Å². The van der Waals surface area contributed by atoms with Crippen molar-refractivity contribution in [2.75, 3.05) is 20.2 Å². The third kappa shape index (κ3) is 4.49. The van der Waals surface area contributed by atoms with E-state index < -0.39 is 0 Å². The maximum absolute atomic E-state index is 5.85. The second-order valence-electron chi connectivity index (χ2n) is 8.35. The first kappa shape index (κ1) is 20.0. The Hall–Kier alpha value is -0.0400. The number of nitrogens with zero attached hydrogens (tertiary/aromatic N) is 1. The zero-order chi connectivity index (χ0) is 15.7. The Kier molecular flexibility index (Phi) is 6.99. The van der Waals surface area contributed by atoms with Crippen LogP contribution in [-0.2, 0) is 4.74 Å². The minimum Gasteiger partial charge on any atom is -0.377 e. The van der Waals surface area contributed by atoms with Gasteiger partial charge in [-0.05, 0) is 24.7 Å². The van der Waals surface area contributed by atoms with Crippen LogP contribution < -0.4 is 10.6 Å². The van der Waals surface area contributed by atoms with Crippen molar-refractivity contribution >= 4 is 29.9 Å². The lowest BCUT2D eigenvalue weighted by Crippen LogP contribution is -2.67. The molecule has 3 unspecified atom stereocenters. The van der Waals surface area contributed by atoms with Crippen LogP contribution >= 0.6 is 24.0 Å². The molecule has 2 fully saturated rings. The van der Waals surface area contributed by atoms with Crippen LogP contribution in [0.3, 0.4) is 0 Å². The van der Waals surface area contributed by atoms with Gasteiger partial charge in [-0.25, -0.2) is 0 Å². The highest BCUT2D eigenvalue weighted by atomic mass is 127. The highest BCUT2D eigenvalue weighted by Crippen LogP contribution is 2.52. The molecule has 0 bridgehead atoms. The van der Waals surface area contributed by atoms with Crippen molar-refractivity contribution in [3.63, 3.8) is 0 Å². The van der Waals surface area contributed by atoms with Gasteiger partial charge in [0, 0.05) is 37.6 Å². The minimum absolute atomic E-state index is 0. The van der Waals surface area contributed by atoms with Gasteiger partial charge in [-0.1, -0.05) is 34.6 Å². The molecule has 0 spiro atoms. The van der Waals surface area contributed by atoms with Gasteiger partial charge in [-0.3, -0.25) is 4.99 Å². The topological polar surface area (TPSA) is 45.7 Å². The number of hydrogen-bond acceptors (Lipinski definition) is 2. The molecule has 22 heavy (non-hydrogen) atoms. The third-order valence-corrected chi connectivity index (χ3v) is 5.01. The van der Waals surface area contributed by atoms with Crippen molar-refractivity contribution in [2.45, 2.75) is 66.0 Å². The molecule has 1 saturated carbocycles. The average molecular weight is 423 g/mol. The molecule has 4 nitrogen and oxygen atoms in total. The fourth-order valence-corrected chi connectivity index (χ4v) is 3.78. The molecule has 1 aliphatic heterocycles. The predicted octanol–water partition coefficient (Wildman–Crippen LogP) is 3.41. The monoisotopic (exact) mass is 423 g/mol. The third-order valence-electron chi connectivity index (χ3n) is 5.01. The van der Waals surface area contributed by atoms with Gasteiger partial charge in [0.15, 0.2) is 5.96 Å². The van der Waals surface area contributed by atoms with E-state index in [1.54, 1.807) is 0 Å². The summed E-state index contributed by atoms with van der Waals surface area (Å²) < 4.78 is 5.85. The van der Waals surface area contributed by atoms with E-state index in [9.17, 15) is 0 Å². The van der Waals surface area contributed by atoms with Crippen molar-refractivity contribution < 1.29 is 4.74 Å². The van der Waals surface area contributed by atoms with Gasteiger partial charge in [0.1, 0.15) is 0 Å². The lowest BCUT2D eigenvalue weighted by molar-refractivity contribution is -0.106. The van der Waals surface area contributed by atoms with Crippen LogP contribution in [-0.4, -0.2) is 38.3 Å². The van der Waals surface area contributed by atoms with E-state index in [0.717, 1.165) is 19.1 Å². The van der Waals surface area contributed by atoms with Gasteiger partial charge in [0.25, 0.3) is 0 Å².